The van der Waals surface area contributed by atoms with Crippen molar-refractivity contribution < 1.29 is 22.7 Å². The van der Waals surface area contributed by atoms with Gasteiger partial charge in [0.05, 0.1) is 6.61 Å². The van der Waals surface area contributed by atoms with E-state index in [1.165, 1.54) is 24.3 Å². The van der Waals surface area contributed by atoms with Crippen LogP contribution in [0.1, 0.15) is 6.42 Å². The molecule has 1 heterocycles. The molecule has 0 bridgehead atoms. The number of ether oxygens (including phenoxy) is 1. The fraction of sp³-hybridized carbons (Fsp3) is 0.562. The molecule has 9 heteroatoms. The SMILES string of the molecule is COCCN1CC[C@H](CNC(=O)Nc2ccc(SC(F)(F)F)cc2)C1. The summed E-state index contributed by atoms with van der Waals surface area (Å²) in [5.74, 6) is 0.396. The molecule has 1 aromatic carbocycles. The Morgan fingerprint density at radius 3 is 2.72 bits per heavy atom. The molecule has 2 amide bonds. The Hall–Kier alpha value is -1.45. The van der Waals surface area contributed by atoms with Crippen LogP contribution in [0.15, 0.2) is 29.2 Å². The molecule has 0 spiro atoms. The smallest absolute Gasteiger partial charge is 0.383 e. The Kier molecular flexibility index (Phi) is 7.39. The van der Waals surface area contributed by atoms with E-state index >= 15 is 0 Å². The van der Waals surface area contributed by atoms with Gasteiger partial charge in [0.15, 0.2) is 0 Å². The number of urea groups is 1. The number of amides is 2. The maximum Gasteiger partial charge on any atom is 0.446 e. The van der Waals surface area contributed by atoms with Crippen molar-refractivity contribution in [1.82, 2.24) is 10.2 Å². The molecule has 140 valence electrons. The molecular formula is C16H22F3N3O2S. The van der Waals surface area contributed by atoms with Crippen LogP contribution < -0.4 is 10.6 Å². The van der Waals surface area contributed by atoms with E-state index in [2.05, 4.69) is 15.5 Å². The van der Waals surface area contributed by atoms with Crippen LogP contribution in [-0.2, 0) is 4.74 Å². The number of anilines is 1. The van der Waals surface area contributed by atoms with Crippen LogP contribution in [0.25, 0.3) is 0 Å². The van der Waals surface area contributed by atoms with Gasteiger partial charge in [0.2, 0.25) is 0 Å². The number of carbonyl (C=O) groups is 1. The molecule has 0 aliphatic carbocycles. The standard InChI is InChI=1S/C16H22F3N3O2S/c1-24-9-8-22-7-6-12(11-22)10-20-15(23)21-13-2-4-14(5-3-13)25-16(17,18)19/h2-5,12H,6-11H2,1H3,(H2,20,21,23)/t12-/m1/s1. The molecule has 0 saturated carbocycles. The Labute approximate surface area is 149 Å². The van der Waals surface area contributed by atoms with Crippen LogP contribution in [0.5, 0.6) is 0 Å². The van der Waals surface area contributed by atoms with Crippen LogP contribution in [0.3, 0.4) is 0 Å². The molecule has 2 N–H and O–H groups in total. The number of halogens is 3. The Morgan fingerprint density at radius 2 is 2.08 bits per heavy atom. The predicted molar refractivity (Wildman–Crippen MR) is 91.8 cm³/mol. The fourth-order valence-corrected chi connectivity index (χ4v) is 3.19. The maximum atomic E-state index is 12.3. The van der Waals surface area contributed by atoms with E-state index in [0.717, 1.165) is 26.1 Å². The van der Waals surface area contributed by atoms with Crippen molar-refractivity contribution in [3.63, 3.8) is 0 Å². The monoisotopic (exact) mass is 377 g/mol. The largest absolute Gasteiger partial charge is 0.446 e. The Morgan fingerprint density at radius 1 is 1.36 bits per heavy atom. The lowest BCUT2D eigenvalue weighted by Crippen LogP contribution is -2.34. The number of nitrogens with one attached hydrogen (secondary N) is 2. The molecule has 1 atom stereocenters. The Balaban J connectivity index is 1.70. The first-order valence-corrected chi connectivity index (χ1v) is 8.79. The summed E-state index contributed by atoms with van der Waals surface area (Å²) < 4.78 is 41.9. The first-order chi connectivity index (χ1) is 11.9. The van der Waals surface area contributed by atoms with Gasteiger partial charge in [-0.15, -0.1) is 0 Å². The zero-order valence-corrected chi connectivity index (χ0v) is 14.8. The summed E-state index contributed by atoms with van der Waals surface area (Å²) >= 11 is -0.181. The molecule has 5 nitrogen and oxygen atoms in total. The predicted octanol–water partition coefficient (Wildman–Crippen LogP) is 3.39. The van der Waals surface area contributed by atoms with Crippen LogP contribution >= 0.6 is 11.8 Å². The number of benzene rings is 1. The summed E-state index contributed by atoms with van der Waals surface area (Å²) in [4.78, 5) is 14.3. The molecule has 0 aromatic heterocycles. The van der Waals surface area contributed by atoms with Crippen LogP contribution in [0.2, 0.25) is 0 Å². The number of hydrogen-bond donors (Lipinski definition) is 2. The van der Waals surface area contributed by atoms with Gasteiger partial charge < -0.3 is 20.3 Å². The molecule has 0 unspecified atom stereocenters. The van der Waals surface area contributed by atoms with Gasteiger partial charge in [-0.1, -0.05) is 0 Å². The second kappa shape index (κ2) is 9.30. The molecule has 0 radical (unpaired) electrons. The minimum atomic E-state index is -4.31. The van der Waals surface area contributed by atoms with E-state index < -0.39 is 5.51 Å². The van der Waals surface area contributed by atoms with Crippen molar-refractivity contribution in [3.8, 4) is 0 Å². The summed E-state index contributed by atoms with van der Waals surface area (Å²) in [5, 5.41) is 5.44. The highest BCUT2D eigenvalue weighted by Crippen LogP contribution is 2.37. The summed E-state index contributed by atoms with van der Waals surface area (Å²) in [5.41, 5.74) is -3.86. The second-order valence-corrected chi connectivity index (χ2v) is 6.99. The molecule has 1 saturated heterocycles. The maximum absolute atomic E-state index is 12.3. The highest BCUT2D eigenvalue weighted by atomic mass is 32.2. The van der Waals surface area contributed by atoms with Crippen LogP contribution in [0.4, 0.5) is 23.7 Å². The van der Waals surface area contributed by atoms with E-state index in [1.54, 1.807) is 7.11 Å². The van der Waals surface area contributed by atoms with Crippen molar-refractivity contribution in [2.24, 2.45) is 5.92 Å². The number of likely N-dealkylation sites (tertiary alicyclic amines) is 1. The molecule has 1 aliphatic rings. The molecule has 2 rings (SSSR count). The zero-order valence-electron chi connectivity index (χ0n) is 13.9. The summed E-state index contributed by atoms with van der Waals surface area (Å²) in [6.45, 7) is 4.07. The zero-order chi connectivity index (χ0) is 18.3. The molecule has 1 aliphatic heterocycles. The number of hydrogen-bond acceptors (Lipinski definition) is 4. The van der Waals surface area contributed by atoms with Gasteiger partial charge in [-0.3, -0.25) is 0 Å². The number of alkyl halides is 3. The normalized spacial score (nSPS) is 18.3. The number of carbonyl (C=O) groups excluding carboxylic acids is 1. The van der Waals surface area contributed by atoms with E-state index in [-0.39, 0.29) is 22.7 Å². The third kappa shape index (κ3) is 7.54. The van der Waals surface area contributed by atoms with Gasteiger partial charge in [0, 0.05) is 37.3 Å². The minimum Gasteiger partial charge on any atom is -0.383 e. The number of methoxy groups -OCH3 is 1. The van der Waals surface area contributed by atoms with Gasteiger partial charge in [0.1, 0.15) is 0 Å². The molecular weight excluding hydrogens is 355 g/mol. The highest BCUT2D eigenvalue weighted by Gasteiger charge is 2.29. The van der Waals surface area contributed by atoms with Crippen molar-refractivity contribution in [2.75, 3.05) is 45.2 Å². The highest BCUT2D eigenvalue weighted by molar-refractivity contribution is 8.00. The first kappa shape index (κ1) is 19.9. The number of rotatable bonds is 7. The van der Waals surface area contributed by atoms with E-state index in [1.807, 2.05) is 0 Å². The summed E-state index contributed by atoms with van der Waals surface area (Å²) in [7, 11) is 1.67. The molecule has 1 aromatic rings. The van der Waals surface area contributed by atoms with Gasteiger partial charge in [-0.05, 0) is 54.9 Å². The molecule has 25 heavy (non-hydrogen) atoms. The van der Waals surface area contributed by atoms with Crippen molar-refractivity contribution in [1.29, 1.82) is 0 Å². The average Bonchev–Trinajstić information content (AvgIpc) is 2.99. The van der Waals surface area contributed by atoms with Gasteiger partial charge in [0.25, 0.3) is 0 Å². The summed E-state index contributed by atoms with van der Waals surface area (Å²) in [6.07, 6.45) is 1.02. The van der Waals surface area contributed by atoms with Crippen molar-refractivity contribution >= 4 is 23.5 Å². The van der Waals surface area contributed by atoms with Gasteiger partial charge >= 0.3 is 11.5 Å². The van der Waals surface area contributed by atoms with Crippen molar-refractivity contribution in [2.45, 2.75) is 16.8 Å². The van der Waals surface area contributed by atoms with Gasteiger partial charge in [-0.2, -0.15) is 13.2 Å². The number of thioether (sulfide) groups is 1. The third-order valence-corrected chi connectivity index (χ3v) is 4.62. The Bertz CT molecular complexity index is 555. The topological polar surface area (TPSA) is 53.6 Å². The first-order valence-electron chi connectivity index (χ1n) is 7.97. The van der Waals surface area contributed by atoms with E-state index in [0.29, 0.717) is 24.8 Å². The fourth-order valence-electron chi connectivity index (χ4n) is 2.66. The average molecular weight is 377 g/mol. The quantitative estimate of drug-likeness (QED) is 0.716. The lowest BCUT2D eigenvalue weighted by atomic mass is 10.1. The van der Waals surface area contributed by atoms with E-state index in [9.17, 15) is 18.0 Å². The van der Waals surface area contributed by atoms with Gasteiger partial charge in [-0.25, -0.2) is 4.79 Å². The third-order valence-electron chi connectivity index (χ3n) is 3.88. The second-order valence-electron chi connectivity index (χ2n) is 5.86. The van der Waals surface area contributed by atoms with Crippen molar-refractivity contribution in [3.05, 3.63) is 24.3 Å². The van der Waals surface area contributed by atoms with E-state index in [4.69, 9.17) is 4.74 Å². The lowest BCUT2D eigenvalue weighted by Gasteiger charge is -2.15. The van der Waals surface area contributed by atoms with Crippen LogP contribution in [-0.4, -0.2) is 56.3 Å². The summed E-state index contributed by atoms with van der Waals surface area (Å²) in [6, 6.07) is 5.22. The number of nitrogens with zero attached hydrogens (tertiary/aromatic N) is 1. The minimum absolute atomic E-state index is 0.0839. The lowest BCUT2D eigenvalue weighted by molar-refractivity contribution is -0.0328. The van der Waals surface area contributed by atoms with Crippen LogP contribution in [0, 0.1) is 5.92 Å². The molecule has 1 fully saturated rings.